The summed E-state index contributed by atoms with van der Waals surface area (Å²) in [4.78, 5) is 39.9. The molecule has 0 saturated carbocycles. The van der Waals surface area contributed by atoms with Crippen LogP contribution in [0, 0.1) is 6.92 Å². The number of carbonyl (C=O) groups excluding carboxylic acids is 1. The van der Waals surface area contributed by atoms with Crippen molar-refractivity contribution in [3.05, 3.63) is 68.7 Å². The first-order valence-corrected chi connectivity index (χ1v) is 10.3. The van der Waals surface area contributed by atoms with Gasteiger partial charge in [-0.2, -0.15) is 0 Å². The maximum Gasteiger partial charge on any atom is 0.340 e. The van der Waals surface area contributed by atoms with E-state index in [0.29, 0.717) is 27.4 Å². The molecule has 0 aliphatic heterocycles. The Hall–Kier alpha value is -3.98. The summed E-state index contributed by atoms with van der Waals surface area (Å²) in [6, 6.07) is 6.06. The number of aromatic amines is 1. The lowest BCUT2D eigenvalue weighted by atomic mass is 10.0. The fraction of sp³-hybridized carbons (Fsp3) is 0.174. The number of aromatic nitrogens is 1. The summed E-state index contributed by atoms with van der Waals surface area (Å²) < 4.78 is 5.21. The zero-order chi connectivity index (χ0) is 23.9. The monoisotopic (exact) mass is 470 g/mol. The number of carboxylic acid groups (broad SMARTS) is 1. The third-order valence-electron chi connectivity index (χ3n) is 5.50. The van der Waals surface area contributed by atoms with Crippen molar-refractivity contribution in [2.45, 2.75) is 25.8 Å². The van der Waals surface area contributed by atoms with E-state index in [1.807, 2.05) is 0 Å². The topological polar surface area (TPSA) is 153 Å². The number of phenols is 2. The smallest absolute Gasteiger partial charge is 0.340 e. The standard InChI is InChI=1S/C23H19ClN2O7/c1-10-13-6-16(24)19(28)8-20(13)33-23(32)14(10)7-21(29)26-18(22(30)31)4-11-9-25-17-3-2-12(27)5-15(11)17/h2-3,5-6,8-9,18,25,27-28H,4,7H2,1H3,(H,26,29)(H,30,31)/t18-/m0/s1. The third-order valence-corrected chi connectivity index (χ3v) is 5.80. The number of benzene rings is 2. The first kappa shape index (κ1) is 22.2. The molecule has 1 atom stereocenters. The van der Waals surface area contributed by atoms with Gasteiger partial charge in [-0.05, 0) is 42.3 Å². The van der Waals surface area contributed by atoms with Gasteiger partial charge in [0.2, 0.25) is 5.91 Å². The summed E-state index contributed by atoms with van der Waals surface area (Å²) in [6.45, 7) is 1.61. The van der Waals surface area contributed by atoms with Gasteiger partial charge in [0, 0.05) is 35.0 Å². The van der Waals surface area contributed by atoms with Crippen molar-refractivity contribution in [1.29, 1.82) is 0 Å². The molecule has 170 valence electrons. The Morgan fingerprint density at radius 2 is 1.94 bits per heavy atom. The van der Waals surface area contributed by atoms with E-state index in [-0.39, 0.29) is 34.1 Å². The highest BCUT2D eigenvalue weighted by atomic mass is 35.5. The number of nitrogens with one attached hydrogen (secondary N) is 2. The van der Waals surface area contributed by atoms with Crippen LogP contribution in [0.5, 0.6) is 11.5 Å². The highest BCUT2D eigenvalue weighted by molar-refractivity contribution is 6.32. The van der Waals surface area contributed by atoms with Crippen molar-refractivity contribution in [2.75, 3.05) is 0 Å². The molecule has 5 N–H and O–H groups in total. The Labute approximate surface area is 191 Å². The van der Waals surface area contributed by atoms with Crippen LogP contribution < -0.4 is 10.9 Å². The number of aliphatic carboxylic acids is 1. The molecule has 0 aliphatic rings. The van der Waals surface area contributed by atoms with Crippen molar-refractivity contribution in [3.8, 4) is 11.5 Å². The second-order valence-electron chi connectivity index (χ2n) is 7.68. The number of fused-ring (bicyclic) bond motifs is 2. The zero-order valence-electron chi connectivity index (χ0n) is 17.3. The highest BCUT2D eigenvalue weighted by Crippen LogP contribution is 2.31. The van der Waals surface area contributed by atoms with Crippen molar-refractivity contribution in [1.82, 2.24) is 10.3 Å². The molecule has 4 aromatic rings. The van der Waals surface area contributed by atoms with Gasteiger partial charge in [0.25, 0.3) is 0 Å². The van der Waals surface area contributed by atoms with Crippen LogP contribution in [0.3, 0.4) is 0 Å². The average Bonchev–Trinajstić information content (AvgIpc) is 3.14. The van der Waals surface area contributed by atoms with Gasteiger partial charge in [0.05, 0.1) is 17.0 Å². The average molecular weight is 471 g/mol. The lowest BCUT2D eigenvalue weighted by molar-refractivity contribution is -0.141. The van der Waals surface area contributed by atoms with Crippen LogP contribution in [0.1, 0.15) is 16.7 Å². The van der Waals surface area contributed by atoms with Crippen LogP contribution in [0.15, 0.2) is 45.7 Å². The largest absolute Gasteiger partial charge is 0.508 e. The molecule has 1 amide bonds. The predicted molar refractivity (Wildman–Crippen MR) is 121 cm³/mol. The molecule has 0 saturated heterocycles. The molecule has 10 heteroatoms. The number of amides is 1. The number of rotatable bonds is 6. The third kappa shape index (κ3) is 4.35. The first-order chi connectivity index (χ1) is 15.6. The molecule has 0 radical (unpaired) electrons. The lowest BCUT2D eigenvalue weighted by Gasteiger charge is -2.15. The van der Waals surface area contributed by atoms with Crippen LogP contribution in [-0.4, -0.2) is 38.2 Å². The molecule has 0 spiro atoms. The van der Waals surface area contributed by atoms with Crippen LogP contribution in [-0.2, 0) is 22.4 Å². The van der Waals surface area contributed by atoms with Gasteiger partial charge in [-0.25, -0.2) is 9.59 Å². The van der Waals surface area contributed by atoms with E-state index in [2.05, 4.69) is 10.3 Å². The van der Waals surface area contributed by atoms with Crippen LogP contribution in [0.4, 0.5) is 0 Å². The Bertz CT molecular complexity index is 1470. The fourth-order valence-corrected chi connectivity index (χ4v) is 3.93. The number of aryl methyl sites for hydroxylation is 1. The van der Waals surface area contributed by atoms with E-state index in [1.54, 1.807) is 19.2 Å². The van der Waals surface area contributed by atoms with Crippen molar-refractivity contribution in [2.24, 2.45) is 0 Å². The normalized spacial score (nSPS) is 12.2. The molecule has 0 fully saturated rings. The number of hydrogen-bond donors (Lipinski definition) is 5. The summed E-state index contributed by atoms with van der Waals surface area (Å²) in [5.41, 5.74) is 1.17. The first-order valence-electron chi connectivity index (χ1n) is 9.90. The lowest BCUT2D eigenvalue weighted by Crippen LogP contribution is -2.43. The minimum Gasteiger partial charge on any atom is -0.508 e. The SMILES string of the molecule is Cc1c(CC(=O)N[C@@H](Cc2c[nH]c3ccc(O)cc23)C(=O)O)c(=O)oc2cc(O)c(Cl)cc12. The molecule has 2 aromatic carbocycles. The number of aromatic hydroxyl groups is 2. The summed E-state index contributed by atoms with van der Waals surface area (Å²) in [6.07, 6.45) is 1.18. The van der Waals surface area contributed by atoms with Crippen molar-refractivity contribution < 1.29 is 29.3 Å². The summed E-state index contributed by atoms with van der Waals surface area (Å²) in [5.74, 6) is -2.13. The van der Waals surface area contributed by atoms with Crippen LogP contribution >= 0.6 is 11.6 Å². The second-order valence-corrected chi connectivity index (χ2v) is 8.08. The Balaban J connectivity index is 1.58. The molecular weight excluding hydrogens is 452 g/mol. The quantitative estimate of drug-likeness (QED) is 0.271. The van der Waals surface area contributed by atoms with Gasteiger partial charge < -0.3 is 30.0 Å². The van der Waals surface area contributed by atoms with Gasteiger partial charge in [0.15, 0.2) is 0 Å². The van der Waals surface area contributed by atoms with Crippen LogP contribution in [0.2, 0.25) is 5.02 Å². The summed E-state index contributed by atoms with van der Waals surface area (Å²) >= 11 is 5.95. The maximum absolute atomic E-state index is 12.7. The molecule has 0 unspecified atom stereocenters. The molecule has 9 nitrogen and oxygen atoms in total. The van der Waals surface area contributed by atoms with Gasteiger partial charge in [-0.3, -0.25) is 4.79 Å². The minimum atomic E-state index is -1.27. The molecule has 4 rings (SSSR count). The van der Waals surface area contributed by atoms with Gasteiger partial charge in [-0.1, -0.05) is 11.6 Å². The highest BCUT2D eigenvalue weighted by Gasteiger charge is 2.24. The number of H-pyrrole nitrogens is 1. The van der Waals surface area contributed by atoms with Gasteiger partial charge in [0.1, 0.15) is 23.1 Å². The van der Waals surface area contributed by atoms with E-state index in [9.17, 15) is 29.7 Å². The number of carbonyl (C=O) groups is 2. The van der Waals surface area contributed by atoms with E-state index in [1.165, 1.54) is 24.3 Å². The van der Waals surface area contributed by atoms with Crippen molar-refractivity contribution in [3.63, 3.8) is 0 Å². The summed E-state index contributed by atoms with van der Waals surface area (Å²) in [5, 5.41) is 32.7. The molecule has 2 heterocycles. The predicted octanol–water partition coefficient (Wildman–Crippen LogP) is 3.00. The van der Waals surface area contributed by atoms with Crippen molar-refractivity contribution >= 4 is 45.3 Å². The van der Waals surface area contributed by atoms with E-state index in [0.717, 1.165) is 0 Å². The maximum atomic E-state index is 12.7. The molecular formula is C23H19ClN2O7. The van der Waals surface area contributed by atoms with Gasteiger partial charge in [-0.15, -0.1) is 0 Å². The van der Waals surface area contributed by atoms with Crippen LogP contribution in [0.25, 0.3) is 21.9 Å². The number of halogens is 1. The van der Waals surface area contributed by atoms with E-state index in [4.69, 9.17) is 16.0 Å². The second kappa shape index (κ2) is 8.51. The molecule has 0 bridgehead atoms. The fourth-order valence-electron chi connectivity index (χ4n) is 3.76. The summed E-state index contributed by atoms with van der Waals surface area (Å²) in [7, 11) is 0. The molecule has 0 aliphatic carbocycles. The number of carboxylic acids is 1. The Kier molecular flexibility index (Phi) is 5.73. The van der Waals surface area contributed by atoms with E-state index < -0.39 is 30.0 Å². The minimum absolute atomic E-state index is 0.0335. The molecule has 2 aromatic heterocycles. The van der Waals surface area contributed by atoms with E-state index >= 15 is 0 Å². The van der Waals surface area contributed by atoms with Gasteiger partial charge >= 0.3 is 11.6 Å². The number of phenolic OH excluding ortho intramolecular Hbond substituents is 2. The Morgan fingerprint density at radius 1 is 1.18 bits per heavy atom. The number of hydrogen-bond acceptors (Lipinski definition) is 6. The molecule has 33 heavy (non-hydrogen) atoms. The zero-order valence-corrected chi connectivity index (χ0v) is 18.1. The Morgan fingerprint density at radius 3 is 2.67 bits per heavy atom.